The number of amides is 1. The fourth-order valence-electron chi connectivity index (χ4n) is 1.99. The van der Waals surface area contributed by atoms with Crippen LogP contribution in [0.25, 0.3) is 0 Å². The Morgan fingerprint density at radius 1 is 1.29 bits per heavy atom. The fraction of sp³-hybridized carbons (Fsp3) is 0.312. The zero-order chi connectivity index (χ0) is 15.1. The average molecular weight is 305 g/mol. The molecule has 2 rings (SSSR count). The second-order valence-electron chi connectivity index (χ2n) is 4.46. The van der Waals surface area contributed by atoms with Gasteiger partial charge in [-0.05, 0) is 36.1 Å². The van der Waals surface area contributed by atoms with Crippen molar-refractivity contribution in [3.8, 4) is 5.75 Å². The van der Waals surface area contributed by atoms with Gasteiger partial charge in [-0.3, -0.25) is 4.79 Å². The Morgan fingerprint density at radius 2 is 2.05 bits per heavy atom. The lowest BCUT2D eigenvalue weighted by Crippen LogP contribution is -2.30. The summed E-state index contributed by atoms with van der Waals surface area (Å²) in [6.45, 7) is 3.00. The molecule has 0 saturated heterocycles. The molecule has 1 amide bonds. The van der Waals surface area contributed by atoms with Crippen LogP contribution < -0.4 is 10.1 Å². The molecule has 0 aliphatic rings. The second-order valence-corrected chi connectivity index (χ2v) is 5.41. The third-order valence-corrected chi connectivity index (χ3v) is 3.85. The highest BCUT2D eigenvalue weighted by Crippen LogP contribution is 2.19. The van der Waals surface area contributed by atoms with Gasteiger partial charge in [0.15, 0.2) is 0 Å². The molecular weight excluding hydrogens is 286 g/mol. The van der Waals surface area contributed by atoms with Crippen LogP contribution in [0.5, 0.6) is 5.75 Å². The number of ether oxygens (including phenoxy) is 2. The van der Waals surface area contributed by atoms with Crippen LogP contribution >= 0.6 is 11.3 Å². The van der Waals surface area contributed by atoms with Crippen LogP contribution in [-0.4, -0.2) is 26.2 Å². The van der Waals surface area contributed by atoms with Gasteiger partial charge in [-0.1, -0.05) is 18.2 Å². The number of hydrogen-bond donors (Lipinski definition) is 1. The van der Waals surface area contributed by atoms with E-state index in [0.717, 1.165) is 11.3 Å². The molecule has 1 N–H and O–H groups in total. The number of methoxy groups -OCH3 is 1. The van der Waals surface area contributed by atoms with Crippen molar-refractivity contribution >= 4 is 17.2 Å². The van der Waals surface area contributed by atoms with Crippen LogP contribution in [0.1, 0.15) is 28.2 Å². The first-order chi connectivity index (χ1) is 10.2. The third-order valence-electron chi connectivity index (χ3n) is 2.98. The topological polar surface area (TPSA) is 47.6 Å². The molecule has 1 heterocycles. The van der Waals surface area contributed by atoms with Crippen molar-refractivity contribution < 1.29 is 14.3 Å². The van der Waals surface area contributed by atoms with Crippen LogP contribution in [0.3, 0.4) is 0 Å². The molecule has 4 nitrogen and oxygen atoms in total. The molecule has 0 unspecified atom stereocenters. The molecule has 21 heavy (non-hydrogen) atoms. The number of nitrogens with one attached hydrogen (secondary N) is 1. The molecule has 112 valence electrons. The molecule has 0 saturated carbocycles. The smallest absolute Gasteiger partial charge is 0.261 e. The third kappa shape index (κ3) is 4.31. The molecule has 1 aromatic heterocycles. The lowest BCUT2D eigenvalue weighted by molar-refractivity contribution is 0.0900. The summed E-state index contributed by atoms with van der Waals surface area (Å²) in [5.74, 6) is 0.739. The molecule has 2 aromatic rings. The first kappa shape index (κ1) is 15.5. The van der Waals surface area contributed by atoms with E-state index in [1.54, 1.807) is 7.11 Å². The molecule has 5 heteroatoms. The van der Waals surface area contributed by atoms with Crippen LogP contribution in [0.2, 0.25) is 0 Å². The number of hydrogen-bond acceptors (Lipinski definition) is 4. The molecule has 0 aliphatic heterocycles. The summed E-state index contributed by atoms with van der Waals surface area (Å²) in [6.07, 6.45) is 0. The van der Waals surface area contributed by atoms with E-state index in [9.17, 15) is 4.79 Å². The average Bonchev–Trinajstić information content (AvgIpc) is 3.02. The van der Waals surface area contributed by atoms with Gasteiger partial charge < -0.3 is 14.8 Å². The summed E-state index contributed by atoms with van der Waals surface area (Å²) in [7, 11) is 1.62. The summed E-state index contributed by atoms with van der Waals surface area (Å²) in [4.78, 5) is 12.8. The van der Waals surface area contributed by atoms with Crippen LogP contribution in [0.15, 0.2) is 41.8 Å². The van der Waals surface area contributed by atoms with Crippen LogP contribution in [-0.2, 0) is 4.74 Å². The van der Waals surface area contributed by atoms with Crippen molar-refractivity contribution in [2.75, 3.05) is 20.3 Å². The van der Waals surface area contributed by atoms with E-state index >= 15 is 0 Å². The summed E-state index contributed by atoms with van der Waals surface area (Å²) >= 11 is 1.42. The first-order valence-electron chi connectivity index (χ1n) is 6.80. The lowest BCUT2D eigenvalue weighted by Gasteiger charge is -2.18. The number of carbonyl (C=O) groups excluding carboxylic acids is 1. The Bertz CT molecular complexity index is 551. The van der Waals surface area contributed by atoms with Crippen LogP contribution in [0, 0.1) is 0 Å². The van der Waals surface area contributed by atoms with E-state index in [2.05, 4.69) is 5.32 Å². The molecule has 0 bridgehead atoms. The zero-order valence-corrected chi connectivity index (χ0v) is 13.0. The van der Waals surface area contributed by atoms with E-state index < -0.39 is 0 Å². The number of thiophene rings is 1. The fourth-order valence-corrected chi connectivity index (χ4v) is 2.61. The van der Waals surface area contributed by atoms with Gasteiger partial charge in [0.25, 0.3) is 5.91 Å². The second kappa shape index (κ2) is 7.81. The minimum absolute atomic E-state index is 0.0825. The minimum Gasteiger partial charge on any atom is -0.494 e. The number of rotatable bonds is 7. The SMILES string of the molecule is CCOc1ccc([C@@H](COC)NC(=O)c2cccs2)cc1. The van der Waals surface area contributed by atoms with Gasteiger partial charge in [-0.25, -0.2) is 0 Å². The highest BCUT2D eigenvalue weighted by atomic mass is 32.1. The predicted molar refractivity (Wildman–Crippen MR) is 84.0 cm³/mol. The summed E-state index contributed by atoms with van der Waals surface area (Å²) < 4.78 is 10.6. The Labute approximate surface area is 128 Å². The van der Waals surface area contributed by atoms with E-state index in [-0.39, 0.29) is 11.9 Å². The van der Waals surface area contributed by atoms with Gasteiger partial charge in [0.1, 0.15) is 5.75 Å². The maximum atomic E-state index is 12.2. The molecule has 0 fully saturated rings. The maximum Gasteiger partial charge on any atom is 0.261 e. The van der Waals surface area contributed by atoms with E-state index in [0.29, 0.717) is 18.1 Å². The van der Waals surface area contributed by atoms with E-state index in [1.807, 2.05) is 48.7 Å². The van der Waals surface area contributed by atoms with Crippen molar-refractivity contribution in [3.63, 3.8) is 0 Å². The first-order valence-corrected chi connectivity index (χ1v) is 7.68. The number of benzene rings is 1. The Hall–Kier alpha value is -1.85. The van der Waals surface area contributed by atoms with E-state index in [1.165, 1.54) is 11.3 Å². The molecule has 0 aliphatic carbocycles. The van der Waals surface area contributed by atoms with Crippen molar-refractivity contribution in [3.05, 3.63) is 52.2 Å². The Morgan fingerprint density at radius 3 is 2.62 bits per heavy atom. The van der Waals surface area contributed by atoms with Crippen LogP contribution in [0.4, 0.5) is 0 Å². The molecule has 1 atom stereocenters. The molecule has 0 radical (unpaired) electrons. The van der Waals surface area contributed by atoms with Gasteiger partial charge >= 0.3 is 0 Å². The van der Waals surface area contributed by atoms with Gasteiger partial charge in [0, 0.05) is 7.11 Å². The monoisotopic (exact) mass is 305 g/mol. The van der Waals surface area contributed by atoms with Crippen molar-refractivity contribution in [2.24, 2.45) is 0 Å². The summed E-state index contributed by atoms with van der Waals surface area (Å²) in [5, 5.41) is 4.88. The van der Waals surface area contributed by atoms with Crippen molar-refractivity contribution in [1.29, 1.82) is 0 Å². The van der Waals surface area contributed by atoms with Gasteiger partial charge in [-0.15, -0.1) is 11.3 Å². The molecule has 1 aromatic carbocycles. The Kier molecular flexibility index (Phi) is 5.78. The molecule has 0 spiro atoms. The van der Waals surface area contributed by atoms with Gasteiger partial charge in [0.2, 0.25) is 0 Å². The van der Waals surface area contributed by atoms with Gasteiger partial charge in [0.05, 0.1) is 24.1 Å². The summed E-state index contributed by atoms with van der Waals surface area (Å²) in [6, 6.07) is 11.2. The summed E-state index contributed by atoms with van der Waals surface area (Å²) in [5.41, 5.74) is 0.991. The van der Waals surface area contributed by atoms with Crippen molar-refractivity contribution in [2.45, 2.75) is 13.0 Å². The Balaban J connectivity index is 2.09. The standard InChI is InChI=1S/C16H19NO3S/c1-3-20-13-8-6-12(7-9-13)14(11-19-2)17-16(18)15-5-4-10-21-15/h4-10,14H,3,11H2,1-2H3,(H,17,18)/t14-/m1/s1. The van der Waals surface area contributed by atoms with Crippen molar-refractivity contribution in [1.82, 2.24) is 5.32 Å². The highest BCUT2D eigenvalue weighted by Gasteiger charge is 2.16. The lowest BCUT2D eigenvalue weighted by atomic mass is 10.1. The zero-order valence-electron chi connectivity index (χ0n) is 12.2. The number of carbonyl (C=O) groups is 1. The maximum absolute atomic E-state index is 12.2. The predicted octanol–water partition coefficient (Wildman–Crippen LogP) is 3.26. The molecular formula is C16H19NO3S. The van der Waals surface area contributed by atoms with Gasteiger partial charge in [-0.2, -0.15) is 0 Å². The van der Waals surface area contributed by atoms with E-state index in [4.69, 9.17) is 9.47 Å². The normalized spacial score (nSPS) is 11.9. The largest absolute Gasteiger partial charge is 0.494 e. The quantitative estimate of drug-likeness (QED) is 0.854. The minimum atomic E-state index is -0.180. The highest BCUT2D eigenvalue weighted by molar-refractivity contribution is 7.12.